The van der Waals surface area contributed by atoms with Gasteiger partial charge in [0.05, 0.1) is 23.8 Å². The van der Waals surface area contributed by atoms with E-state index in [0.717, 1.165) is 24.1 Å². The third-order valence-corrected chi connectivity index (χ3v) is 7.64. The van der Waals surface area contributed by atoms with E-state index in [1.54, 1.807) is 10.9 Å². The van der Waals surface area contributed by atoms with Gasteiger partial charge in [-0.3, -0.25) is 4.79 Å². The minimum Gasteiger partial charge on any atom is -0.494 e. The molecule has 1 amide bonds. The lowest BCUT2D eigenvalue weighted by Gasteiger charge is -2.10. The highest BCUT2D eigenvalue weighted by atomic mass is 32.2. The number of benzene rings is 2. The third-order valence-electron chi connectivity index (χ3n) is 5.87. The second-order valence-corrected chi connectivity index (χ2v) is 10.9. The van der Waals surface area contributed by atoms with Crippen LogP contribution in [0, 0.1) is 11.3 Å². The third kappa shape index (κ3) is 6.20. The SMILES string of the molecule is CCCCOc1cccc(-c2nn(-c3ccccc3)cc2/C=C(/C#N)C(=O)NC2CCS(=O)(=O)C2)c1. The molecule has 1 unspecified atom stereocenters. The van der Waals surface area contributed by atoms with Crippen LogP contribution in [0.2, 0.25) is 0 Å². The van der Waals surface area contributed by atoms with Gasteiger partial charge in [0.15, 0.2) is 9.84 Å². The molecule has 9 heteroatoms. The van der Waals surface area contributed by atoms with E-state index in [-0.39, 0.29) is 17.1 Å². The Bertz CT molecular complexity index is 1410. The van der Waals surface area contributed by atoms with Crippen LogP contribution in [0.4, 0.5) is 0 Å². The second kappa shape index (κ2) is 11.2. The zero-order valence-electron chi connectivity index (χ0n) is 20.1. The number of aromatic nitrogens is 2. The van der Waals surface area contributed by atoms with Gasteiger partial charge in [-0.15, -0.1) is 0 Å². The molecule has 3 aromatic rings. The fraction of sp³-hybridized carbons (Fsp3) is 0.296. The van der Waals surface area contributed by atoms with Crippen LogP contribution in [-0.4, -0.2) is 48.3 Å². The van der Waals surface area contributed by atoms with Gasteiger partial charge < -0.3 is 10.1 Å². The monoisotopic (exact) mass is 504 g/mol. The Morgan fingerprint density at radius 2 is 2.06 bits per heavy atom. The van der Waals surface area contributed by atoms with E-state index >= 15 is 0 Å². The topological polar surface area (TPSA) is 114 Å². The van der Waals surface area contributed by atoms with Crippen LogP contribution in [0.15, 0.2) is 66.4 Å². The van der Waals surface area contributed by atoms with Gasteiger partial charge in [-0.2, -0.15) is 10.4 Å². The number of ether oxygens (including phenoxy) is 1. The maximum Gasteiger partial charge on any atom is 0.262 e. The molecule has 36 heavy (non-hydrogen) atoms. The fourth-order valence-electron chi connectivity index (χ4n) is 3.97. The van der Waals surface area contributed by atoms with Crippen LogP contribution >= 0.6 is 0 Å². The molecule has 0 spiro atoms. The summed E-state index contributed by atoms with van der Waals surface area (Å²) >= 11 is 0. The average molecular weight is 505 g/mol. The number of sulfone groups is 1. The lowest BCUT2D eigenvalue weighted by molar-refractivity contribution is -0.117. The summed E-state index contributed by atoms with van der Waals surface area (Å²) in [5, 5.41) is 17.2. The van der Waals surface area contributed by atoms with Crippen molar-refractivity contribution in [2.24, 2.45) is 0 Å². The normalized spacial score (nSPS) is 16.9. The van der Waals surface area contributed by atoms with Gasteiger partial charge in [0.1, 0.15) is 23.1 Å². The highest BCUT2D eigenvalue weighted by Crippen LogP contribution is 2.29. The molecule has 1 fully saturated rings. The standard InChI is InChI=1S/C27H28N4O4S/c1-2-3-13-35-25-11-7-8-20(16-25)26-22(18-31(30-26)24-9-5-4-6-10-24)15-21(17-28)27(32)29-23-12-14-36(33,34)19-23/h4-11,15-16,18,23H,2-3,12-14,19H2,1H3,(H,29,32)/b21-15-. The largest absolute Gasteiger partial charge is 0.494 e. The molecule has 1 saturated heterocycles. The molecule has 0 bridgehead atoms. The number of amides is 1. The lowest BCUT2D eigenvalue weighted by atomic mass is 10.1. The van der Waals surface area contributed by atoms with E-state index in [0.29, 0.717) is 30.0 Å². The van der Waals surface area contributed by atoms with Crippen LogP contribution in [0.25, 0.3) is 23.0 Å². The molecule has 0 aliphatic carbocycles. The molecule has 8 nitrogen and oxygen atoms in total. The second-order valence-electron chi connectivity index (χ2n) is 8.69. The van der Waals surface area contributed by atoms with Crippen molar-refractivity contribution in [2.45, 2.75) is 32.2 Å². The Morgan fingerprint density at radius 1 is 1.25 bits per heavy atom. The van der Waals surface area contributed by atoms with Crippen molar-refractivity contribution in [3.63, 3.8) is 0 Å². The van der Waals surface area contributed by atoms with Gasteiger partial charge in [-0.05, 0) is 43.2 Å². The average Bonchev–Trinajstić information content (AvgIpc) is 3.45. The number of hydrogen-bond acceptors (Lipinski definition) is 6. The summed E-state index contributed by atoms with van der Waals surface area (Å²) in [6, 6.07) is 18.5. The van der Waals surface area contributed by atoms with Crippen LogP contribution in [0.3, 0.4) is 0 Å². The molecule has 0 saturated carbocycles. The minimum absolute atomic E-state index is 0.0359. The quantitative estimate of drug-likeness (QED) is 0.268. The van der Waals surface area contributed by atoms with E-state index in [1.807, 2.05) is 60.7 Å². The van der Waals surface area contributed by atoms with E-state index < -0.39 is 21.8 Å². The lowest BCUT2D eigenvalue weighted by Crippen LogP contribution is -2.36. The van der Waals surface area contributed by atoms with Crippen LogP contribution in [0.1, 0.15) is 31.7 Å². The van der Waals surface area contributed by atoms with E-state index in [1.165, 1.54) is 6.08 Å². The van der Waals surface area contributed by atoms with Gasteiger partial charge in [0.25, 0.3) is 5.91 Å². The van der Waals surface area contributed by atoms with Crippen LogP contribution in [-0.2, 0) is 14.6 Å². The van der Waals surface area contributed by atoms with Crippen LogP contribution < -0.4 is 10.1 Å². The van der Waals surface area contributed by atoms with Gasteiger partial charge >= 0.3 is 0 Å². The number of nitriles is 1. The zero-order valence-corrected chi connectivity index (χ0v) is 20.9. The van der Waals surface area contributed by atoms with Gasteiger partial charge in [-0.1, -0.05) is 43.7 Å². The first kappa shape index (κ1) is 25.2. The van der Waals surface area contributed by atoms with E-state index in [9.17, 15) is 18.5 Å². The molecule has 1 N–H and O–H groups in total. The first-order valence-electron chi connectivity index (χ1n) is 11.9. The Kier molecular flexibility index (Phi) is 7.86. The summed E-state index contributed by atoms with van der Waals surface area (Å²) in [5.41, 5.74) is 2.65. The number of unbranched alkanes of at least 4 members (excludes halogenated alkanes) is 1. The highest BCUT2D eigenvalue weighted by Gasteiger charge is 2.29. The Balaban J connectivity index is 1.69. The van der Waals surface area contributed by atoms with E-state index in [2.05, 4.69) is 12.2 Å². The van der Waals surface area contributed by atoms with E-state index in [4.69, 9.17) is 9.84 Å². The van der Waals surface area contributed by atoms with Gasteiger partial charge in [0.2, 0.25) is 0 Å². The number of nitrogens with zero attached hydrogens (tertiary/aromatic N) is 3. The Morgan fingerprint density at radius 3 is 2.75 bits per heavy atom. The molecular formula is C27H28N4O4S. The fourth-order valence-corrected chi connectivity index (χ4v) is 5.65. The van der Waals surface area contributed by atoms with Crippen molar-refractivity contribution in [3.05, 3.63) is 71.9 Å². The molecule has 0 radical (unpaired) electrons. The van der Waals surface area contributed by atoms with Crippen molar-refractivity contribution in [1.29, 1.82) is 5.26 Å². The molecular weight excluding hydrogens is 476 g/mol. The van der Waals surface area contributed by atoms with Gasteiger partial charge in [-0.25, -0.2) is 13.1 Å². The van der Waals surface area contributed by atoms with Crippen molar-refractivity contribution < 1.29 is 17.9 Å². The van der Waals surface area contributed by atoms with Crippen molar-refractivity contribution in [3.8, 4) is 28.8 Å². The smallest absolute Gasteiger partial charge is 0.262 e. The first-order chi connectivity index (χ1) is 17.4. The molecule has 2 heterocycles. The van der Waals surface area contributed by atoms with Gasteiger partial charge in [0, 0.05) is 23.4 Å². The number of hydrogen-bond donors (Lipinski definition) is 1. The number of nitrogens with one attached hydrogen (secondary N) is 1. The summed E-state index contributed by atoms with van der Waals surface area (Å²) in [5.74, 6) is 0.0358. The number of rotatable bonds is 9. The summed E-state index contributed by atoms with van der Waals surface area (Å²) in [4.78, 5) is 12.8. The molecule has 1 aliphatic rings. The molecule has 1 aromatic heterocycles. The Labute approximate surface area is 211 Å². The minimum atomic E-state index is -3.16. The molecule has 4 rings (SSSR count). The summed E-state index contributed by atoms with van der Waals surface area (Å²) in [6.45, 7) is 2.71. The highest BCUT2D eigenvalue weighted by molar-refractivity contribution is 7.91. The van der Waals surface area contributed by atoms with Crippen molar-refractivity contribution in [1.82, 2.24) is 15.1 Å². The predicted molar refractivity (Wildman–Crippen MR) is 138 cm³/mol. The summed E-state index contributed by atoms with van der Waals surface area (Å²) in [6.07, 6.45) is 5.57. The molecule has 1 aliphatic heterocycles. The van der Waals surface area contributed by atoms with Crippen molar-refractivity contribution >= 4 is 21.8 Å². The molecule has 2 aromatic carbocycles. The maximum atomic E-state index is 12.8. The first-order valence-corrected chi connectivity index (χ1v) is 13.7. The number of carbonyl (C=O) groups is 1. The maximum absolute atomic E-state index is 12.8. The Hall–Kier alpha value is -3.90. The zero-order chi connectivity index (χ0) is 25.5. The summed E-state index contributed by atoms with van der Waals surface area (Å²) in [7, 11) is -3.16. The molecule has 186 valence electrons. The number of carbonyl (C=O) groups excluding carboxylic acids is 1. The summed E-state index contributed by atoms with van der Waals surface area (Å²) < 4.78 is 31.1. The van der Waals surface area contributed by atoms with Crippen molar-refractivity contribution in [2.75, 3.05) is 18.1 Å². The predicted octanol–water partition coefficient (Wildman–Crippen LogP) is 3.93. The van der Waals surface area contributed by atoms with Crippen LogP contribution in [0.5, 0.6) is 5.75 Å². The molecule has 1 atom stereocenters. The number of para-hydroxylation sites is 1.